The second-order valence-electron chi connectivity index (χ2n) is 7.03. The molecule has 1 fully saturated rings. The Kier molecular flexibility index (Phi) is 11.7. The molecule has 1 aliphatic rings. The van der Waals surface area contributed by atoms with Crippen LogP contribution in [0.4, 0.5) is 0 Å². The van der Waals surface area contributed by atoms with Gasteiger partial charge in [-0.3, -0.25) is 4.79 Å². The highest BCUT2D eigenvalue weighted by atomic mass is 16.4. The number of carboxylic acid groups (broad SMARTS) is 1. The van der Waals surface area contributed by atoms with E-state index in [9.17, 15) is 20.1 Å². The molecule has 0 bridgehead atoms. The maximum atomic E-state index is 10.5. The second kappa shape index (κ2) is 13.5. The van der Waals surface area contributed by atoms with Crippen molar-refractivity contribution in [1.29, 1.82) is 0 Å². The smallest absolute Gasteiger partial charge is 0.303 e. The highest BCUT2D eigenvalue weighted by Crippen LogP contribution is 2.36. The van der Waals surface area contributed by atoms with E-state index in [1.165, 1.54) is 0 Å². The first kappa shape index (κ1) is 23.3. The fraction of sp³-hybridized carbons (Fsp3) is 0.591. The SMILES string of the molecule is CC/C=C\C/C=C\C[C@@H](O)/C=C/[C@H]1[C@H](C/C=C\CCC(=O)O)[C@@H](O)C[C@H]1O. The number of hydrogen-bond donors (Lipinski definition) is 4. The number of aliphatic hydroxyl groups is 3. The predicted octanol–water partition coefficient (Wildman–Crippen LogP) is 3.38. The molecule has 0 aromatic heterocycles. The number of allylic oxidation sites excluding steroid dienone is 5. The van der Waals surface area contributed by atoms with Crippen LogP contribution in [-0.4, -0.2) is 44.7 Å². The van der Waals surface area contributed by atoms with Gasteiger partial charge in [0.05, 0.1) is 18.3 Å². The summed E-state index contributed by atoms with van der Waals surface area (Å²) in [5.41, 5.74) is 0. The first-order valence-electron chi connectivity index (χ1n) is 9.85. The minimum atomic E-state index is -0.832. The van der Waals surface area contributed by atoms with Gasteiger partial charge in [-0.05, 0) is 38.0 Å². The molecule has 27 heavy (non-hydrogen) atoms. The summed E-state index contributed by atoms with van der Waals surface area (Å²) in [5.74, 6) is -1.17. The number of hydrogen-bond acceptors (Lipinski definition) is 4. The van der Waals surface area contributed by atoms with E-state index in [0.29, 0.717) is 25.7 Å². The summed E-state index contributed by atoms with van der Waals surface area (Å²) in [6, 6.07) is 0. The largest absolute Gasteiger partial charge is 0.481 e. The topological polar surface area (TPSA) is 98.0 Å². The molecule has 0 heterocycles. The van der Waals surface area contributed by atoms with Gasteiger partial charge in [0.1, 0.15) is 0 Å². The summed E-state index contributed by atoms with van der Waals surface area (Å²) in [6.07, 6.45) is 17.3. The van der Waals surface area contributed by atoms with Gasteiger partial charge in [-0.15, -0.1) is 0 Å². The summed E-state index contributed by atoms with van der Waals surface area (Å²) in [6.45, 7) is 2.09. The van der Waals surface area contributed by atoms with E-state index < -0.39 is 24.3 Å². The molecule has 1 saturated carbocycles. The Hall–Kier alpha value is -1.69. The van der Waals surface area contributed by atoms with Crippen molar-refractivity contribution >= 4 is 5.97 Å². The van der Waals surface area contributed by atoms with Crippen molar-refractivity contribution in [3.05, 3.63) is 48.6 Å². The van der Waals surface area contributed by atoms with Crippen molar-refractivity contribution in [2.45, 2.75) is 70.2 Å². The zero-order valence-electron chi connectivity index (χ0n) is 16.2. The van der Waals surface area contributed by atoms with Crippen LogP contribution in [0.3, 0.4) is 0 Å². The summed E-state index contributed by atoms with van der Waals surface area (Å²) in [7, 11) is 0. The maximum absolute atomic E-state index is 10.5. The zero-order chi connectivity index (χ0) is 20.1. The molecule has 0 saturated heterocycles. The van der Waals surface area contributed by atoms with Crippen LogP contribution >= 0.6 is 0 Å². The standard InChI is InChI=1S/C22H34O5/c1-2-3-4-5-6-8-11-17(23)14-15-19-18(20(24)16-21(19)25)12-9-7-10-13-22(26)27/h3-4,6-9,14-15,17-21,23-25H,2,5,10-13,16H2,1H3,(H,26,27)/b4-3-,8-6-,9-7-,15-14+/t17-,18+,19+,20+,21-/m1/s1. The Morgan fingerprint density at radius 1 is 1.07 bits per heavy atom. The summed E-state index contributed by atoms with van der Waals surface area (Å²) in [4.78, 5) is 10.5. The Morgan fingerprint density at radius 2 is 1.81 bits per heavy atom. The van der Waals surface area contributed by atoms with E-state index in [1.54, 1.807) is 12.2 Å². The van der Waals surface area contributed by atoms with Gasteiger partial charge in [-0.1, -0.05) is 55.5 Å². The van der Waals surface area contributed by atoms with E-state index in [4.69, 9.17) is 5.11 Å². The molecule has 0 amide bonds. The van der Waals surface area contributed by atoms with Crippen molar-refractivity contribution in [2.24, 2.45) is 11.8 Å². The number of carbonyl (C=O) groups is 1. The lowest BCUT2D eigenvalue weighted by atomic mass is 9.89. The molecule has 1 aliphatic carbocycles. The molecular formula is C22H34O5. The lowest BCUT2D eigenvalue weighted by molar-refractivity contribution is -0.136. The van der Waals surface area contributed by atoms with E-state index in [-0.39, 0.29) is 18.3 Å². The van der Waals surface area contributed by atoms with Gasteiger partial charge in [0.15, 0.2) is 0 Å². The Bertz CT molecular complexity index is 535. The number of aliphatic carboxylic acids is 1. The molecule has 1 rings (SSSR count). The van der Waals surface area contributed by atoms with Gasteiger partial charge in [-0.25, -0.2) is 0 Å². The molecule has 0 aromatic carbocycles. The Morgan fingerprint density at radius 3 is 2.52 bits per heavy atom. The molecule has 5 nitrogen and oxygen atoms in total. The lowest BCUT2D eigenvalue weighted by Crippen LogP contribution is -2.20. The van der Waals surface area contributed by atoms with Gasteiger partial charge >= 0.3 is 5.97 Å². The average Bonchev–Trinajstić information content (AvgIpc) is 2.88. The molecule has 0 unspecified atom stereocenters. The van der Waals surface area contributed by atoms with Crippen LogP contribution in [0.2, 0.25) is 0 Å². The monoisotopic (exact) mass is 378 g/mol. The van der Waals surface area contributed by atoms with Crippen molar-refractivity contribution in [2.75, 3.05) is 0 Å². The third-order valence-electron chi connectivity index (χ3n) is 4.79. The van der Waals surface area contributed by atoms with Gasteiger partial charge in [0.25, 0.3) is 0 Å². The minimum Gasteiger partial charge on any atom is -0.481 e. The van der Waals surface area contributed by atoms with Crippen molar-refractivity contribution in [3.63, 3.8) is 0 Å². The van der Waals surface area contributed by atoms with Crippen molar-refractivity contribution in [1.82, 2.24) is 0 Å². The predicted molar refractivity (Wildman–Crippen MR) is 107 cm³/mol. The fourth-order valence-electron chi connectivity index (χ4n) is 3.29. The highest BCUT2D eigenvalue weighted by molar-refractivity contribution is 5.66. The first-order valence-corrected chi connectivity index (χ1v) is 9.85. The molecule has 152 valence electrons. The Labute approximate surface area is 162 Å². The van der Waals surface area contributed by atoms with Crippen LogP contribution in [0.25, 0.3) is 0 Å². The van der Waals surface area contributed by atoms with Gasteiger partial charge in [-0.2, -0.15) is 0 Å². The molecule has 5 heteroatoms. The van der Waals surface area contributed by atoms with Gasteiger partial charge in [0, 0.05) is 18.8 Å². The maximum Gasteiger partial charge on any atom is 0.303 e. The lowest BCUT2D eigenvalue weighted by Gasteiger charge is -2.19. The van der Waals surface area contributed by atoms with Crippen LogP contribution in [0.15, 0.2) is 48.6 Å². The fourth-order valence-corrected chi connectivity index (χ4v) is 3.29. The van der Waals surface area contributed by atoms with Crippen LogP contribution in [0.1, 0.15) is 51.9 Å². The molecule has 0 aromatic rings. The van der Waals surface area contributed by atoms with E-state index >= 15 is 0 Å². The molecule has 0 aliphatic heterocycles. The highest BCUT2D eigenvalue weighted by Gasteiger charge is 2.39. The molecule has 0 radical (unpaired) electrons. The van der Waals surface area contributed by atoms with Crippen LogP contribution < -0.4 is 0 Å². The third-order valence-corrected chi connectivity index (χ3v) is 4.79. The molecule has 5 atom stereocenters. The van der Waals surface area contributed by atoms with E-state index in [2.05, 4.69) is 19.1 Å². The zero-order valence-corrected chi connectivity index (χ0v) is 16.2. The second-order valence-corrected chi connectivity index (χ2v) is 7.03. The number of aliphatic hydroxyl groups excluding tert-OH is 3. The number of rotatable bonds is 12. The summed E-state index contributed by atoms with van der Waals surface area (Å²) >= 11 is 0. The quantitative estimate of drug-likeness (QED) is 0.390. The van der Waals surface area contributed by atoms with Gasteiger partial charge < -0.3 is 20.4 Å². The Balaban J connectivity index is 2.49. The van der Waals surface area contributed by atoms with Crippen LogP contribution in [0.5, 0.6) is 0 Å². The van der Waals surface area contributed by atoms with E-state index in [0.717, 1.165) is 12.8 Å². The molecular weight excluding hydrogens is 344 g/mol. The first-order chi connectivity index (χ1) is 13.0. The summed E-state index contributed by atoms with van der Waals surface area (Å²) in [5, 5.41) is 39.1. The summed E-state index contributed by atoms with van der Waals surface area (Å²) < 4.78 is 0. The number of carboxylic acids is 1. The van der Waals surface area contributed by atoms with Crippen LogP contribution in [0, 0.1) is 11.8 Å². The molecule has 4 N–H and O–H groups in total. The van der Waals surface area contributed by atoms with Gasteiger partial charge in [0.2, 0.25) is 0 Å². The van der Waals surface area contributed by atoms with Crippen molar-refractivity contribution < 1.29 is 25.2 Å². The minimum absolute atomic E-state index is 0.0869. The van der Waals surface area contributed by atoms with Crippen LogP contribution in [-0.2, 0) is 4.79 Å². The normalized spacial score (nSPS) is 27.6. The average molecular weight is 379 g/mol. The third kappa shape index (κ3) is 9.70. The van der Waals surface area contributed by atoms with E-state index in [1.807, 2.05) is 24.3 Å². The van der Waals surface area contributed by atoms with Crippen molar-refractivity contribution in [3.8, 4) is 0 Å². The molecule has 0 spiro atoms.